The predicted molar refractivity (Wildman–Crippen MR) is 52.6 cm³/mol. The lowest BCUT2D eigenvalue weighted by atomic mass is 10.1. The molecule has 0 aliphatic heterocycles. The molecular formula is C8H7BrF2N2O2. The van der Waals surface area contributed by atoms with Gasteiger partial charge >= 0.3 is 5.97 Å². The molecule has 0 unspecified atom stereocenters. The van der Waals surface area contributed by atoms with Gasteiger partial charge in [0.1, 0.15) is 10.2 Å². The minimum absolute atomic E-state index is 0.0150. The second-order valence-corrected chi connectivity index (χ2v) is 3.34. The molecule has 0 saturated carbocycles. The van der Waals surface area contributed by atoms with Crippen LogP contribution in [0.5, 0.6) is 0 Å². The first kappa shape index (κ1) is 11.8. The number of hydrogen-bond acceptors (Lipinski definition) is 4. The van der Waals surface area contributed by atoms with Gasteiger partial charge in [-0.3, -0.25) is 0 Å². The number of esters is 1. The monoisotopic (exact) mass is 280 g/mol. The minimum atomic E-state index is -2.86. The van der Waals surface area contributed by atoms with Crippen LogP contribution in [0.25, 0.3) is 0 Å². The lowest BCUT2D eigenvalue weighted by molar-refractivity contribution is 0.0587. The fourth-order valence-corrected chi connectivity index (χ4v) is 1.52. The van der Waals surface area contributed by atoms with E-state index in [1.54, 1.807) is 0 Å². The highest BCUT2D eigenvalue weighted by molar-refractivity contribution is 9.10. The third-order valence-corrected chi connectivity index (χ3v) is 2.31. The van der Waals surface area contributed by atoms with Crippen LogP contribution in [0.3, 0.4) is 0 Å². The van der Waals surface area contributed by atoms with Crippen LogP contribution in [0.2, 0.25) is 0 Å². The van der Waals surface area contributed by atoms with Crippen molar-refractivity contribution in [2.24, 2.45) is 0 Å². The van der Waals surface area contributed by atoms with Gasteiger partial charge in [0.15, 0.2) is 0 Å². The highest BCUT2D eigenvalue weighted by Gasteiger charge is 2.25. The van der Waals surface area contributed by atoms with Crippen LogP contribution in [-0.4, -0.2) is 18.1 Å². The Kier molecular flexibility index (Phi) is 3.57. The quantitative estimate of drug-likeness (QED) is 0.666. The van der Waals surface area contributed by atoms with Crippen molar-refractivity contribution in [3.05, 3.63) is 21.9 Å². The highest BCUT2D eigenvalue weighted by atomic mass is 79.9. The maximum atomic E-state index is 12.6. The topological polar surface area (TPSA) is 65.2 Å². The van der Waals surface area contributed by atoms with Gasteiger partial charge in [-0.2, -0.15) is 0 Å². The van der Waals surface area contributed by atoms with Crippen LogP contribution in [0, 0.1) is 0 Å². The molecule has 0 spiro atoms. The molecular weight excluding hydrogens is 274 g/mol. The first-order valence-electron chi connectivity index (χ1n) is 3.79. The van der Waals surface area contributed by atoms with Gasteiger partial charge in [0.05, 0.1) is 24.6 Å². The summed E-state index contributed by atoms with van der Waals surface area (Å²) < 4.78 is 29.6. The molecule has 0 fully saturated rings. The van der Waals surface area contributed by atoms with Crippen molar-refractivity contribution >= 4 is 27.6 Å². The summed E-state index contributed by atoms with van der Waals surface area (Å²) in [6.45, 7) is 0. The molecule has 0 bridgehead atoms. The van der Waals surface area contributed by atoms with Gasteiger partial charge in [-0.25, -0.2) is 18.6 Å². The number of aromatic nitrogens is 1. The molecule has 0 atom stereocenters. The van der Waals surface area contributed by atoms with Gasteiger partial charge in [-0.15, -0.1) is 0 Å². The summed E-state index contributed by atoms with van der Waals surface area (Å²) in [6, 6.07) is 0. The zero-order valence-electron chi connectivity index (χ0n) is 7.63. The molecule has 1 heterocycles. The number of ether oxygens (including phenoxy) is 1. The predicted octanol–water partition coefficient (Wildman–Crippen LogP) is 2.15. The van der Waals surface area contributed by atoms with Crippen LogP contribution < -0.4 is 5.73 Å². The summed E-state index contributed by atoms with van der Waals surface area (Å²) in [4.78, 5) is 14.9. The number of nitrogens with two attached hydrogens (primary N) is 1. The maximum Gasteiger partial charge on any atom is 0.341 e. The van der Waals surface area contributed by atoms with Crippen molar-refractivity contribution in [3.8, 4) is 0 Å². The smallest absolute Gasteiger partial charge is 0.341 e. The third kappa shape index (κ3) is 2.23. The average molecular weight is 281 g/mol. The fraction of sp³-hybridized carbons (Fsp3) is 0.250. The molecule has 0 amide bonds. The number of alkyl halides is 2. The molecule has 4 nitrogen and oxygen atoms in total. The number of anilines is 1. The van der Waals surface area contributed by atoms with E-state index in [2.05, 4.69) is 25.7 Å². The third-order valence-electron chi connectivity index (χ3n) is 1.71. The first-order chi connectivity index (χ1) is 6.99. The lowest BCUT2D eigenvalue weighted by Gasteiger charge is -2.10. The van der Waals surface area contributed by atoms with Crippen LogP contribution in [0.4, 0.5) is 14.5 Å². The van der Waals surface area contributed by atoms with Crippen molar-refractivity contribution < 1.29 is 18.3 Å². The zero-order chi connectivity index (χ0) is 11.6. The molecule has 0 saturated heterocycles. The zero-order valence-corrected chi connectivity index (χ0v) is 9.22. The summed E-state index contributed by atoms with van der Waals surface area (Å²) in [5, 5.41) is 0. The number of nitrogen functional groups attached to an aromatic ring is 1. The Morgan fingerprint density at radius 3 is 2.73 bits per heavy atom. The van der Waals surface area contributed by atoms with Gasteiger partial charge in [0.2, 0.25) is 0 Å². The molecule has 1 aromatic rings. The van der Waals surface area contributed by atoms with E-state index in [4.69, 9.17) is 5.73 Å². The van der Waals surface area contributed by atoms with Gasteiger partial charge in [0, 0.05) is 0 Å². The number of rotatable bonds is 2. The number of halogens is 3. The first-order valence-corrected chi connectivity index (χ1v) is 4.58. The lowest BCUT2D eigenvalue weighted by Crippen LogP contribution is -2.11. The SMILES string of the molecule is COC(=O)c1c(Br)ncc(N)c1C(F)F. The standard InChI is InChI=1S/C8H7BrF2N2O2/c1-15-8(14)5-4(7(10)11)3(12)2-13-6(5)9/h2,7H,12H2,1H3. The molecule has 1 rings (SSSR count). The van der Waals surface area contributed by atoms with E-state index < -0.39 is 18.0 Å². The summed E-state index contributed by atoms with van der Waals surface area (Å²) >= 11 is 2.89. The van der Waals surface area contributed by atoms with E-state index in [0.29, 0.717) is 0 Å². The number of hydrogen-bond donors (Lipinski definition) is 1. The largest absolute Gasteiger partial charge is 0.465 e. The Hall–Kier alpha value is -1.24. The number of pyridine rings is 1. The Balaban J connectivity index is 3.45. The molecule has 1 aromatic heterocycles. The molecule has 0 aliphatic carbocycles. The van der Waals surface area contributed by atoms with Crippen molar-refractivity contribution in [3.63, 3.8) is 0 Å². The molecule has 0 aliphatic rings. The Morgan fingerprint density at radius 1 is 1.67 bits per heavy atom. The summed E-state index contributed by atoms with van der Waals surface area (Å²) in [6.07, 6.45) is -1.81. The van der Waals surface area contributed by atoms with Gasteiger partial charge in [0.25, 0.3) is 6.43 Å². The van der Waals surface area contributed by atoms with Crippen LogP contribution in [0.15, 0.2) is 10.8 Å². The van der Waals surface area contributed by atoms with Crippen molar-refractivity contribution in [2.45, 2.75) is 6.43 Å². The van der Waals surface area contributed by atoms with E-state index in [1.807, 2.05) is 0 Å². The van der Waals surface area contributed by atoms with Crippen LogP contribution in [0.1, 0.15) is 22.3 Å². The second-order valence-electron chi connectivity index (χ2n) is 2.59. The number of carbonyl (C=O) groups excluding carboxylic acids is 1. The second kappa shape index (κ2) is 4.52. The summed E-state index contributed by atoms with van der Waals surface area (Å²) in [5.41, 5.74) is 4.16. The summed E-state index contributed by atoms with van der Waals surface area (Å²) in [5.74, 6) is -0.906. The Morgan fingerprint density at radius 2 is 2.27 bits per heavy atom. The van der Waals surface area contributed by atoms with Crippen LogP contribution >= 0.6 is 15.9 Å². The molecule has 2 N–H and O–H groups in total. The van der Waals surface area contributed by atoms with E-state index in [-0.39, 0.29) is 15.9 Å². The Bertz CT molecular complexity index is 398. The summed E-state index contributed by atoms with van der Waals surface area (Å²) in [7, 11) is 1.09. The minimum Gasteiger partial charge on any atom is -0.465 e. The molecule has 0 radical (unpaired) electrons. The number of carbonyl (C=O) groups is 1. The number of methoxy groups -OCH3 is 1. The number of nitrogens with zero attached hydrogens (tertiary/aromatic N) is 1. The molecule has 82 valence electrons. The Labute approximate surface area is 92.6 Å². The fourth-order valence-electron chi connectivity index (χ4n) is 1.05. The van der Waals surface area contributed by atoms with Gasteiger partial charge in [-0.1, -0.05) is 0 Å². The van der Waals surface area contributed by atoms with E-state index in [0.717, 1.165) is 13.3 Å². The van der Waals surface area contributed by atoms with E-state index in [1.165, 1.54) is 0 Å². The van der Waals surface area contributed by atoms with Gasteiger partial charge < -0.3 is 10.5 Å². The van der Waals surface area contributed by atoms with Crippen molar-refractivity contribution in [1.29, 1.82) is 0 Å². The van der Waals surface area contributed by atoms with Gasteiger partial charge in [-0.05, 0) is 15.9 Å². The molecule has 0 aromatic carbocycles. The van der Waals surface area contributed by atoms with Crippen LogP contribution in [-0.2, 0) is 4.74 Å². The normalized spacial score (nSPS) is 10.5. The highest BCUT2D eigenvalue weighted by Crippen LogP contribution is 2.32. The van der Waals surface area contributed by atoms with E-state index >= 15 is 0 Å². The molecule has 15 heavy (non-hydrogen) atoms. The molecule has 7 heteroatoms. The van der Waals surface area contributed by atoms with Crippen molar-refractivity contribution in [2.75, 3.05) is 12.8 Å². The van der Waals surface area contributed by atoms with E-state index in [9.17, 15) is 13.6 Å². The average Bonchev–Trinajstić information content (AvgIpc) is 2.19. The van der Waals surface area contributed by atoms with Crippen molar-refractivity contribution in [1.82, 2.24) is 4.98 Å². The maximum absolute atomic E-state index is 12.6.